The summed E-state index contributed by atoms with van der Waals surface area (Å²) in [5.41, 5.74) is 3.28. The highest BCUT2D eigenvalue weighted by Crippen LogP contribution is 2.17. The van der Waals surface area contributed by atoms with E-state index in [0.29, 0.717) is 19.8 Å². The van der Waals surface area contributed by atoms with Gasteiger partial charge in [-0.1, -0.05) is 66.7 Å². The van der Waals surface area contributed by atoms with Gasteiger partial charge in [0.2, 0.25) is 0 Å². The summed E-state index contributed by atoms with van der Waals surface area (Å²) in [4.78, 5) is 0. The van der Waals surface area contributed by atoms with Crippen LogP contribution in [0.3, 0.4) is 0 Å². The van der Waals surface area contributed by atoms with Crippen molar-refractivity contribution in [3.05, 3.63) is 94.6 Å². The normalized spacial score (nSPS) is 12.3. The number of hydrogen-bond donors (Lipinski definition) is 1. The van der Waals surface area contributed by atoms with Crippen molar-refractivity contribution >= 4 is 12.6 Å². The molecule has 0 aliphatic heterocycles. The second-order valence-electron chi connectivity index (χ2n) is 5.06. The van der Waals surface area contributed by atoms with Gasteiger partial charge in [-0.05, 0) is 18.1 Å². The predicted molar refractivity (Wildman–Crippen MR) is 98.2 cm³/mol. The zero-order chi connectivity index (χ0) is 16.3. The minimum atomic E-state index is 0.493. The molecule has 0 aliphatic carbocycles. The number of ether oxygens (including phenoxy) is 2. The number of rotatable bonds is 8. The third-order valence-electron chi connectivity index (χ3n) is 3.39. The Hall–Kier alpha value is -1.97. The van der Waals surface area contributed by atoms with E-state index in [1.54, 1.807) is 5.41 Å². The van der Waals surface area contributed by atoms with E-state index in [9.17, 15) is 0 Å². The molecule has 0 spiro atoms. The molecule has 0 bridgehead atoms. The molecular formula is C20H22O2S. The molecule has 0 aliphatic rings. The lowest BCUT2D eigenvalue weighted by atomic mass is 10.2. The van der Waals surface area contributed by atoms with Crippen molar-refractivity contribution in [3.8, 4) is 0 Å². The Morgan fingerprint density at radius 3 is 2.00 bits per heavy atom. The lowest BCUT2D eigenvalue weighted by Crippen LogP contribution is -2.04. The highest BCUT2D eigenvalue weighted by atomic mass is 32.1. The predicted octanol–water partition coefficient (Wildman–Crippen LogP) is 5.14. The Balaban J connectivity index is 1.85. The zero-order valence-electron chi connectivity index (χ0n) is 13.3. The van der Waals surface area contributed by atoms with Gasteiger partial charge in [-0.15, -0.1) is 12.6 Å². The van der Waals surface area contributed by atoms with Crippen molar-refractivity contribution in [1.29, 1.82) is 0 Å². The molecule has 3 heteroatoms. The summed E-state index contributed by atoms with van der Waals surface area (Å²) >= 11 is 4.26. The SMILES string of the molecule is C/C=C(COCc1ccccc1)\C(=C/S)OCc1ccccc1. The van der Waals surface area contributed by atoms with Crippen molar-refractivity contribution in [2.24, 2.45) is 0 Å². The average Bonchev–Trinajstić information content (AvgIpc) is 2.62. The summed E-state index contributed by atoms with van der Waals surface area (Å²) in [6.45, 7) is 3.57. The van der Waals surface area contributed by atoms with Crippen molar-refractivity contribution in [2.45, 2.75) is 20.1 Å². The minimum Gasteiger partial charge on any atom is -0.488 e. The van der Waals surface area contributed by atoms with Gasteiger partial charge in [0, 0.05) is 11.0 Å². The first-order valence-electron chi connectivity index (χ1n) is 7.62. The van der Waals surface area contributed by atoms with Crippen molar-refractivity contribution in [1.82, 2.24) is 0 Å². The highest BCUT2D eigenvalue weighted by Gasteiger charge is 2.06. The van der Waals surface area contributed by atoms with Crippen LogP contribution in [0, 0.1) is 0 Å². The van der Waals surface area contributed by atoms with Crippen LogP contribution in [0.1, 0.15) is 18.1 Å². The van der Waals surface area contributed by atoms with Gasteiger partial charge in [-0.2, -0.15) is 0 Å². The fourth-order valence-electron chi connectivity index (χ4n) is 2.10. The Morgan fingerprint density at radius 2 is 1.48 bits per heavy atom. The topological polar surface area (TPSA) is 18.5 Å². The van der Waals surface area contributed by atoms with Gasteiger partial charge in [-0.25, -0.2) is 0 Å². The summed E-state index contributed by atoms with van der Waals surface area (Å²) in [6.07, 6.45) is 2.00. The van der Waals surface area contributed by atoms with Gasteiger partial charge in [-0.3, -0.25) is 0 Å². The molecule has 0 amide bonds. The van der Waals surface area contributed by atoms with Gasteiger partial charge in [0.1, 0.15) is 12.4 Å². The molecule has 0 fully saturated rings. The number of allylic oxidation sites excluding steroid dienone is 1. The first kappa shape index (κ1) is 17.4. The van der Waals surface area contributed by atoms with Crippen molar-refractivity contribution in [2.75, 3.05) is 6.61 Å². The summed E-state index contributed by atoms with van der Waals surface area (Å²) < 4.78 is 11.7. The molecule has 0 atom stereocenters. The molecule has 0 unspecified atom stereocenters. The fourth-order valence-corrected chi connectivity index (χ4v) is 2.34. The molecule has 0 N–H and O–H groups in total. The van der Waals surface area contributed by atoms with Crippen molar-refractivity contribution in [3.63, 3.8) is 0 Å². The van der Waals surface area contributed by atoms with Crippen LogP contribution in [0.4, 0.5) is 0 Å². The molecule has 0 aromatic heterocycles. The largest absolute Gasteiger partial charge is 0.488 e. The maximum atomic E-state index is 5.87. The number of thiol groups is 1. The van der Waals surface area contributed by atoms with E-state index in [-0.39, 0.29) is 0 Å². The van der Waals surface area contributed by atoms with E-state index in [1.807, 2.05) is 61.5 Å². The van der Waals surface area contributed by atoms with E-state index in [0.717, 1.165) is 22.5 Å². The van der Waals surface area contributed by atoms with Crippen LogP contribution in [0.5, 0.6) is 0 Å². The van der Waals surface area contributed by atoms with Crippen molar-refractivity contribution < 1.29 is 9.47 Å². The van der Waals surface area contributed by atoms with E-state index in [4.69, 9.17) is 9.47 Å². The second-order valence-corrected chi connectivity index (χ2v) is 5.32. The smallest absolute Gasteiger partial charge is 0.131 e. The Bertz CT molecular complexity index is 633. The van der Waals surface area contributed by atoms with Crippen LogP contribution in [-0.4, -0.2) is 6.61 Å². The van der Waals surface area contributed by atoms with Gasteiger partial charge in [0.25, 0.3) is 0 Å². The average molecular weight is 326 g/mol. The minimum absolute atomic E-state index is 0.493. The first-order valence-corrected chi connectivity index (χ1v) is 8.13. The van der Waals surface area contributed by atoms with Crippen LogP contribution in [0.15, 0.2) is 83.5 Å². The van der Waals surface area contributed by atoms with E-state index >= 15 is 0 Å². The summed E-state index contributed by atoms with van der Waals surface area (Å²) in [5.74, 6) is 0.743. The Morgan fingerprint density at radius 1 is 0.913 bits per heavy atom. The maximum absolute atomic E-state index is 5.87. The lowest BCUT2D eigenvalue weighted by molar-refractivity contribution is 0.131. The molecule has 2 nitrogen and oxygen atoms in total. The highest BCUT2D eigenvalue weighted by molar-refractivity contribution is 7.83. The third-order valence-corrected chi connectivity index (χ3v) is 3.62. The molecular weight excluding hydrogens is 304 g/mol. The molecule has 23 heavy (non-hydrogen) atoms. The monoisotopic (exact) mass is 326 g/mol. The quantitative estimate of drug-likeness (QED) is 0.411. The van der Waals surface area contributed by atoms with Crippen LogP contribution < -0.4 is 0 Å². The molecule has 2 rings (SSSR count). The fraction of sp³-hybridized carbons (Fsp3) is 0.200. The summed E-state index contributed by atoms with van der Waals surface area (Å²) in [6, 6.07) is 20.2. The van der Waals surface area contributed by atoms with Crippen LogP contribution in [0.2, 0.25) is 0 Å². The van der Waals surface area contributed by atoms with Gasteiger partial charge < -0.3 is 9.47 Å². The van der Waals surface area contributed by atoms with Crippen LogP contribution in [-0.2, 0) is 22.7 Å². The van der Waals surface area contributed by atoms with E-state index in [2.05, 4.69) is 24.8 Å². The van der Waals surface area contributed by atoms with Crippen LogP contribution in [0.25, 0.3) is 0 Å². The molecule has 120 valence electrons. The first-order chi connectivity index (χ1) is 11.3. The summed E-state index contributed by atoms with van der Waals surface area (Å²) in [7, 11) is 0. The molecule has 2 aromatic carbocycles. The zero-order valence-corrected chi connectivity index (χ0v) is 14.2. The number of hydrogen-bond acceptors (Lipinski definition) is 3. The van der Waals surface area contributed by atoms with E-state index in [1.165, 1.54) is 0 Å². The Kier molecular flexibility index (Phi) is 7.50. The molecule has 0 saturated carbocycles. The molecule has 0 heterocycles. The molecule has 0 saturated heterocycles. The van der Waals surface area contributed by atoms with Gasteiger partial charge in [0.15, 0.2) is 0 Å². The standard InChI is InChI=1S/C20H22O2S/c1-2-19(15-21-13-17-9-5-3-6-10-17)20(16-23)22-14-18-11-7-4-8-12-18/h2-12,16,23H,13-15H2,1H3/b19-2-,20-16+. The molecule has 0 radical (unpaired) electrons. The number of benzene rings is 2. The summed E-state index contributed by atoms with van der Waals surface area (Å²) in [5, 5.41) is 1.68. The van der Waals surface area contributed by atoms with Crippen LogP contribution >= 0.6 is 12.6 Å². The Labute approximate surface area is 143 Å². The van der Waals surface area contributed by atoms with Gasteiger partial charge in [0.05, 0.1) is 13.2 Å². The maximum Gasteiger partial charge on any atom is 0.131 e. The molecule has 2 aromatic rings. The third kappa shape index (κ3) is 5.97. The second kappa shape index (κ2) is 9.93. The lowest BCUT2D eigenvalue weighted by Gasteiger charge is -2.14. The van der Waals surface area contributed by atoms with Gasteiger partial charge >= 0.3 is 0 Å². The van der Waals surface area contributed by atoms with E-state index < -0.39 is 0 Å².